The fourth-order valence-corrected chi connectivity index (χ4v) is 10.4. The Morgan fingerprint density at radius 3 is 2.45 bits per heavy atom. The first-order chi connectivity index (χ1) is 18.6. The van der Waals surface area contributed by atoms with Crippen molar-refractivity contribution in [3.63, 3.8) is 0 Å². The van der Waals surface area contributed by atoms with Crippen LogP contribution in [-0.2, 0) is 4.79 Å². The van der Waals surface area contributed by atoms with Crippen molar-refractivity contribution < 1.29 is 9.90 Å². The highest BCUT2D eigenvalue weighted by Gasteiger charge is 2.69. The summed E-state index contributed by atoms with van der Waals surface area (Å²) in [6, 6.07) is 10.8. The minimum atomic E-state index is -0.723. The summed E-state index contributed by atoms with van der Waals surface area (Å²) in [5.74, 6) is 3.27. The summed E-state index contributed by atoms with van der Waals surface area (Å²) >= 11 is 0. The summed E-state index contributed by atoms with van der Waals surface area (Å²) in [5, 5.41) is 9.66. The van der Waals surface area contributed by atoms with E-state index in [0.29, 0.717) is 17.6 Å². The molecule has 1 spiro atoms. The number of piperidine rings is 3. The van der Waals surface area contributed by atoms with Crippen molar-refractivity contribution in [1.82, 2.24) is 19.4 Å². The van der Waals surface area contributed by atoms with E-state index in [1.54, 1.807) is 0 Å². The molecule has 4 bridgehead atoms. The van der Waals surface area contributed by atoms with Crippen LogP contribution < -0.4 is 0 Å². The van der Waals surface area contributed by atoms with Gasteiger partial charge in [0.1, 0.15) is 5.82 Å². The maximum atomic E-state index is 11.8. The molecule has 3 saturated heterocycles. The van der Waals surface area contributed by atoms with Gasteiger partial charge in [0.15, 0.2) is 0 Å². The normalized spacial score (nSPS) is 41.1. The Hall–Kier alpha value is -1.92. The molecule has 0 amide bonds. The predicted molar refractivity (Wildman–Crippen MR) is 148 cm³/mol. The van der Waals surface area contributed by atoms with E-state index in [0.717, 1.165) is 60.9 Å². The number of carboxylic acid groups (broad SMARTS) is 1. The van der Waals surface area contributed by atoms with Crippen molar-refractivity contribution >= 4 is 17.0 Å². The van der Waals surface area contributed by atoms with Gasteiger partial charge in [0.05, 0.1) is 23.6 Å². The Morgan fingerprint density at radius 1 is 0.895 bits per heavy atom. The smallest absolute Gasteiger partial charge is 0.317 e. The molecule has 6 nitrogen and oxygen atoms in total. The molecule has 1 aromatic carbocycles. The van der Waals surface area contributed by atoms with E-state index in [9.17, 15) is 9.90 Å². The van der Waals surface area contributed by atoms with Crippen molar-refractivity contribution in [2.45, 2.75) is 120 Å². The molecule has 8 rings (SSSR count). The van der Waals surface area contributed by atoms with E-state index in [2.05, 4.69) is 38.6 Å². The number of benzene rings is 1. The molecule has 6 fully saturated rings. The van der Waals surface area contributed by atoms with E-state index >= 15 is 0 Å². The van der Waals surface area contributed by atoms with Gasteiger partial charge in [-0.15, -0.1) is 0 Å². The summed E-state index contributed by atoms with van der Waals surface area (Å²) in [4.78, 5) is 22.3. The number of hydrogen-bond donors (Lipinski definition) is 1. The van der Waals surface area contributed by atoms with Crippen molar-refractivity contribution in [3.8, 4) is 0 Å². The fourth-order valence-electron chi connectivity index (χ4n) is 10.4. The molecule has 3 aliphatic carbocycles. The molecule has 2 aromatic rings. The standard InChI is InChI=1S/C32H44N4O2/c37-30(38)20-34-12-6-5-11-29(34)31-33-27-9-3-4-10-28(27)35(31)26-17-25-16-23-18-32(23,19-26)36(25)24-14-21-7-1-2-8-22(13-21)15-24/h3-4,9-10,21-26,29H,1-2,5-8,11-20H2,(H,37,38)/t21-,22+,23?,24?,25?,26-,29+,32+/m0/s1. The van der Waals surface area contributed by atoms with Crippen LogP contribution in [0.5, 0.6) is 0 Å². The second-order valence-electron chi connectivity index (χ2n) is 14.0. The van der Waals surface area contributed by atoms with Gasteiger partial charge in [0, 0.05) is 23.7 Å². The lowest BCUT2D eigenvalue weighted by Crippen LogP contribution is -2.54. The highest BCUT2D eigenvalue weighted by atomic mass is 16.4. The second kappa shape index (κ2) is 9.05. The number of carboxylic acids is 1. The molecule has 1 N–H and O–H groups in total. The highest BCUT2D eigenvalue weighted by molar-refractivity contribution is 5.76. The van der Waals surface area contributed by atoms with Crippen molar-refractivity contribution in [2.24, 2.45) is 17.8 Å². The Labute approximate surface area is 226 Å². The maximum Gasteiger partial charge on any atom is 0.317 e. The van der Waals surface area contributed by atoms with E-state index in [4.69, 9.17) is 4.98 Å². The zero-order valence-electron chi connectivity index (χ0n) is 22.8. The van der Waals surface area contributed by atoms with Crippen LogP contribution in [0.4, 0.5) is 0 Å². The van der Waals surface area contributed by atoms with Crippen LogP contribution in [0.2, 0.25) is 0 Å². The number of aromatic nitrogens is 2. The molecule has 6 heteroatoms. The second-order valence-corrected chi connectivity index (χ2v) is 14.0. The van der Waals surface area contributed by atoms with Gasteiger partial charge in [0.2, 0.25) is 0 Å². The molecule has 204 valence electrons. The zero-order valence-corrected chi connectivity index (χ0v) is 22.8. The lowest BCUT2D eigenvalue weighted by molar-refractivity contribution is -0.139. The van der Waals surface area contributed by atoms with Gasteiger partial charge in [-0.05, 0) is 94.2 Å². The Bertz CT molecular complexity index is 1210. The van der Waals surface area contributed by atoms with Crippen LogP contribution >= 0.6 is 0 Å². The van der Waals surface area contributed by atoms with Gasteiger partial charge >= 0.3 is 5.97 Å². The van der Waals surface area contributed by atoms with Crippen molar-refractivity contribution in [3.05, 3.63) is 30.1 Å². The summed E-state index contributed by atoms with van der Waals surface area (Å²) in [6.45, 7) is 0.974. The third-order valence-electron chi connectivity index (χ3n) is 11.8. The minimum Gasteiger partial charge on any atom is -0.480 e. The summed E-state index contributed by atoms with van der Waals surface area (Å²) in [7, 11) is 0. The van der Waals surface area contributed by atoms with Gasteiger partial charge in [-0.25, -0.2) is 4.98 Å². The predicted octanol–water partition coefficient (Wildman–Crippen LogP) is 6.17. The van der Waals surface area contributed by atoms with E-state index in [-0.39, 0.29) is 12.6 Å². The minimum absolute atomic E-state index is 0.108. The van der Waals surface area contributed by atoms with Crippen LogP contribution in [0.25, 0.3) is 11.0 Å². The number of fused-ring (bicyclic) bond motifs is 4. The van der Waals surface area contributed by atoms with Crippen LogP contribution in [0.15, 0.2) is 24.3 Å². The SMILES string of the molecule is O=C(O)CN1CCCC[C@@H]1c1nc2ccccc2n1[C@H]1CC2CC3C[C@]3(C1)N2C1C[C@H]2CCCC[C@@H](C1)C2. The monoisotopic (exact) mass is 516 g/mol. The maximum absolute atomic E-state index is 11.8. The van der Waals surface area contributed by atoms with Gasteiger partial charge in [-0.1, -0.05) is 44.2 Å². The molecular weight excluding hydrogens is 472 g/mol. The van der Waals surface area contributed by atoms with E-state index in [1.165, 1.54) is 76.1 Å². The van der Waals surface area contributed by atoms with E-state index < -0.39 is 5.97 Å². The van der Waals surface area contributed by atoms with Crippen molar-refractivity contribution in [2.75, 3.05) is 13.1 Å². The first-order valence-corrected chi connectivity index (χ1v) is 15.8. The summed E-state index contributed by atoms with van der Waals surface area (Å²) in [5.41, 5.74) is 2.77. The number of imidazole rings is 1. The molecular formula is C32H44N4O2. The lowest BCUT2D eigenvalue weighted by atomic mass is 9.75. The summed E-state index contributed by atoms with van der Waals surface area (Å²) in [6.07, 6.45) is 18.8. The molecule has 8 atom stereocenters. The van der Waals surface area contributed by atoms with Crippen LogP contribution in [0, 0.1) is 17.8 Å². The van der Waals surface area contributed by atoms with Crippen molar-refractivity contribution in [1.29, 1.82) is 0 Å². The molecule has 3 aliphatic heterocycles. The average molecular weight is 517 g/mol. The Morgan fingerprint density at radius 2 is 1.66 bits per heavy atom. The van der Waals surface area contributed by atoms with Gasteiger partial charge in [-0.2, -0.15) is 0 Å². The Balaban J connectivity index is 1.13. The van der Waals surface area contributed by atoms with Crippen LogP contribution in [0.1, 0.15) is 108 Å². The molecule has 4 heterocycles. The van der Waals surface area contributed by atoms with Gasteiger partial charge in [-0.3, -0.25) is 14.6 Å². The third-order valence-corrected chi connectivity index (χ3v) is 11.8. The lowest BCUT2D eigenvalue weighted by Gasteiger charge is -2.50. The van der Waals surface area contributed by atoms with Crippen LogP contribution in [0.3, 0.4) is 0 Å². The highest BCUT2D eigenvalue weighted by Crippen LogP contribution is 2.67. The quantitative estimate of drug-likeness (QED) is 0.515. The fraction of sp³-hybridized carbons (Fsp3) is 0.750. The number of para-hydroxylation sites is 2. The number of carbonyl (C=O) groups is 1. The van der Waals surface area contributed by atoms with Gasteiger partial charge < -0.3 is 9.67 Å². The first kappa shape index (κ1) is 23.9. The largest absolute Gasteiger partial charge is 0.480 e. The number of hydrogen-bond acceptors (Lipinski definition) is 4. The van der Waals surface area contributed by atoms with E-state index in [1.807, 2.05) is 0 Å². The molecule has 1 aromatic heterocycles. The Kier molecular flexibility index (Phi) is 5.70. The molecule has 0 radical (unpaired) electrons. The number of nitrogens with zero attached hydrogens (tertiary/aromatic N) is 4. The number of rotatable bonds is 5. The summed E-state index contributed by atoms with van der Waals surface area (Å²) < 4.78 is 2.62. The first-order valence-electron chi connectivity index (χ1n) is 15.8. The molecule has 3 unspecified atom stereocenters. The molecule has 3 saturated carbocycles. The average Bonchev–Trinajstić information content (AvgIpc) is 3.39. The number of aliphatic carboxylic acids is 1. The van der Waals surface area contributed by atoms with Gasteiger partial charge in [0.25, 0.3) is 0 Å². The third kappa shape index (κ3) is 3.80. The topological polar surface area (TPSA) is 61.6 Å². The zero-order chi connectivity index (χ0) is 25.4. The van der Waals surface area contributed by atoms with Crippen LogP contribution in [-0.4, -0.2) is 61.1 Å². The molecule has 6 aliphatic rings. The molecule has 38 heavy (non-hydrogen) atoms. The number of likely N-dealkylation sites (tertiary alicyclic amines) is 1.